The van der Waals surface area contributed by atoms with Gasteiger partial charge in [0, 0.05) is 18.0 Å². The number of hydrogen-bond donors (Lipinski definition) is 0. The molecule has 0 radical (unpaired) electrons. The van der Waals surface area contributed by atoms with E-state index in [1.165, 1.54) is 0 Å². The van der Waals surface area contributed by atoms with Gasteiger partial charge in [-0.05, 0) is 30.2 Å². The van der Waals surface area contributed by atoms with Crippen molar-refractivity contribution in [2.24, 2.45) is 0 Å². The highest BCUT2D eigenvalue weighted by Gasteiger charge is 1.99. The second-order valence-corrected chi connectivity index (χ2v) is 3.71. The fraction of sp³-hybridized carbons (Fsp3) is 0.0714. The van der Waals surface area contributed by atoms with Gasteiger partial charge in [0.15, 0.2) is 0 Å². The quantitative estimate of drug-likeness (QED) is 0.748. The van der Waals surface area contributed by atoms with Crippen molar-refractivity contribution in [2.45, 2.75) is 6.92 Å². The molecule has 1 aromatic heterocycles. The summed E-state index contributed by atoms with van der Waals surface area (Å²) < 4.78 is 1.64. The highest BCUT2D eigenvalue weighted by atomic mass is 16.1. The van der Waals surface area contributed by atoms with Gasteiger partial charge in [-0.25, -0.2) is 0 Å². The van der Waals surface area contributed by atoms with Gasteiger partial charge in [-0.15, -0.1) is 0 Å². The van der Waals surface area contributed by atoms with Crippen molar-refractivity contribution in [3.8, 4) is 5.69 Å². The maximum atomic E-state index is 11.7. The molecule has 1 heterocycles. The molecule has 2 rings (SSSR count). The number of rotatable bonds is 2. The van der Waals surface area contributed by atoms with Gasteiger partial charge in [0.05, 0.1) is 0 Å². The van der Waals surface area contributed by atoms with Crippen LogP contribution in [0.25, 0.3) is 11.8 Å². The number of aryl methyl sites for hydroxylation is 1. The first kappa shape index (κ1) is 10.4. The summed E-state index contributed by atoms with van der Waals surface area (Å²) in [5, 5.41) is 0. The Kier molecular flexibility index (Phi) is 2.73. The zero-order valence-electron chi connectivity index (χ0n) is 9.18. The lowest BCUT2D eigenvalue weighted by molar-refractivity contribution is 0.976. The van der Waals surface area contributed by atoms with E-state index in [2.05, 4.69) is 6.58 Å². The number of pyridine rings is 1. The molecule has 0 aliphatic rings. The fourth-order valence-electron chi connectivity index (χ4n) is 1.60. The maximum Gasteiger partial charge on any atom is 0.255 e. The van der Waals surface area contributed by atoms with Gasteiger partial charge in [0.1, 0.15) is 0 Å². The Balaban J connectivity index is 2.62. The SMILES string of the molecule is C=Cc1cccc(-n2cc(C)ccc2=O)c1. The van der Waals surface area contributed by atoms with Gasteiger partial charge in [-0.3, -0.25) is 9.36 Å². The summed E-state index contributed by atoms with van der Waals surface area (Å²) in [5.74, 6) is 0. The third-order valence-corrected chi connectivity index (χ3v) is 2.44. The number of nitrogens with zero attached hydrogens (tertiary/aromatic N) is 1. The van der Waals surface area contributed by atoms with Gasteiger partial charge in [0.2, 0.25) is 0 Å². The molecule has 2 aromatic rings. The lowest BCUT2D eigenvalue weighted by Gasteiger charge is -2.07. The van der Waals surface area contributed by atoms with Crippen molar-refractivity contribution >= 4 is 6.08 Å². The minimum absolute atomic E-state index is 0.0215. The zero-order valence-corrected chi connectivity index (χ0v) is 9.18. The maximum absolute atomic E-state index is 11.7. The molecule has 1 aromatic carbocycles. The smallest absolute Gasteiger partial charge is 0.255 e. The summed E-state index contributed by atoms with van der Waals surface area (Å²) in [5.41, 5.74) is 2.91. The van der Waals surface area contributed by atoms with Crippen LogP contribution in [0.3, 0.4) is 0 Å². The molecule has 0 aliphatic heterocycles. The van der Waals surface area contributed by atoms with Crippen LogP contribution < -0.4 is 5.56 Å². The standard InChI is InChI=1S/C14H13NO/c1-3-12-5-4-6-13(9-12)15-10-11(2)7-8-14(15)16/h3-10H,1H2,2H3. The van der Waals surface area contributed by atoms with Crippen molar-refractivity contribution < 1.29 is 0 Å². The molecular formula is C14H13NO. The van der Waals surface area contributed by atoms with E-state index in [0.29, 0.717) is 0 Å². The third kappa shape index (κ3) is 1.96. The monoisotopic (exact) mass is 211 g/mol. The van der Waals surface area contributed by atoms with Crippen LogP contribution in [0.15, 0.2) is 54.0 Å². The molecule has 0 aliphatic carbocycles. The van der Waals surface area contributed by atoms with Crippen LogP contribution in [0, 0.1) is 6.92 Å². The molecule has 0 N–H and O–H groups in total. The Labute approximate surface area is 94.5 Å². The van der Waals surface area contributed by atoms with E-state index >= 15 is 0 Å². The Bertz CT molecular complexity index is 581. The summed E-state index contributed by atoms with van der Waals surface area (Å²) >= 11 is 0. The summed E-state index contributed by atoms with van der Waals surface area (Å²) in [4.78, 5) is 11.7. The van der Waals surface area contributed by atoms with E-state index in [9.17, 15) is 4.79 Å². The Morgan fingerprint density at radius 3 is 2.81 bits per heavy atom. The van der Waals surface area contributed by atoms with E-state index in [4.69, 9.17) is 0 Å². The van der Waals surface area contributed by atoms with Crippen molar-refractivity contribution in [1.29, 1.82) is 0 Å². The molecule has 0 saturated heterocycles. The predicted molar refractivity (Wildman–Crippen MR) is 66.9 cm³/mol. The summed E-state index contributed by atoms with van der Waals surface area (Å²) in [7, 11) is 0. The molecule has 0 amide bonds. The molecule has 16 heavy (non-hydrogen) atoms. The molecule has 0 saturated carbocycles. The lowest BCUT2D eigenvalue weighted by atomic mass is 10.2. The zero-order chi connectivity index (χ0) is 11.5. The average molecular weight is 211 g/mol. The van der Waals surface area contributed by atoms with Crippen molar-refractivity contribution in [1.82, 2.24) is 4.57 Å². The number of hydrogen-bond acceptors (Lipinski definition) is 1. The van der Waals surface area contributed by atoms with Crippen LogP contribution in [0.2, 0.25) is 0 Å². The van der Waals surface area contributed by atoms with Crippen LogP contribution in [0.5, 0.6) is 0 Å². The topological polar surface area (TPSA) is 22.0 Å². The Hall–Kier alpha value is -2.09. The molecule has 0 atom stereocenters. The molecule has 0 spiro atoms. The van der Waals surface area contributed by atoms with Gasteiger partial charge >= 0.3 is 0 Å². The summed E-state index contributed by atoms with van der Waals surface area (Å²) in [6, 6.07) is 11.1. The molecule has 80 valence electrons. The first-order valence-electron chi connectivity index (χ1n) is 5.13. The van der Waals surface area contributed by atoms with Gasteiger partial charge in [-0.2, -0.15) is 0 Å². The van der Waals surface area contributed by atoms with Gasteiger partial charge < -0.3 is 0 Å². The van der Waals surface area contributed by atoms with E-state index in [1.54, 1.807) is 16.7 Å². The lowest BCUT2D eigenvalue weighted by Crippen LogP contribution is -2.16. The van der Waals surface area contributed by atoms with Crippen molar-refractivity contribution in [3.63, 3.8) is 0 Å². The number of aromatic nitrogens is 1. The Morgan fingerprint density at radius 2 is 2.06 bits per heavy atom. The second-order valence-electron chi connectivity index (χ2n) is 3.71. The second kappa shape index (κ2) is 4.19. The molecular weight excluding hydrogens is 198 g/mol. The normalized spacial score (nSPS) is 10.1. The van der Waals surface area contributed by atoms with Gasteiger partial charge in [-0.1, -0.05) is 30.9 Å². The Morgan fingerprint density at radius 1 is 1.25 bits per heavy atom. The molecule has 0 unspecified atom stereocenters. The fourth-order valence-corrected chi connectivity index (χ4v) is 1.60. The van der Waals surface area contributed by atoms with E-state index in [1.807, 2.05) is 43.5 Å². The minimum Gasteiger partial charge on any atom is -0.284 e. The van der Waals surface area contributed by atoms with Crippen LogP contribution in [0.4, 0.5) is 0 Å². The predicted octanol–water partition coefficient (Wildman–Crippen LogP) is 2.79. The first-order valence-corrected chi connectivity index (χ1v) is 5.13. The van der Waals surface area contributed by atoms with E-state index in [-0.39, 0.29) is 5.56 Å². The summed E-state index contributed by atoms with van der Waals surface area (Å²) in [6.07, 6.45) is 3.61. The number of benzene rings is 1. The first-order chi connectivity index (χ1) is 7.70. The highest BCUT2D eigenvalue weighted by molar-refractivity contribution is 5.51. The van der Waals surface area contributed by atoms with E-state index < -0.39 is 0 Å². The van der Waals surface area contributed by atoms with Crippen molar-refractivity contribution in [3.05, 3.63) is 70.7 Å². The average Bonchev–Trinajstić information content (AvgIpc) is 2.32. The molecule has 2 heteroatoms. The molecule has 0 fully saturated rings. The van der Waals surface area contributed by atoms with E-state index in [0.717, 1.165) is 16.8 Å². The van der Waals surface area contributed by atoms with Gasteiger partial charge in [0.25, 0.3) is 5.56 Å². The highest BCUT2D eigenvalue weighted by Crippen LogP contribution is 2.10. The summed E-state index contributed by atoms with van der Waals surface area (Å²) in [6.45, 7) is 5.68. The van der Waals surface area contributed by atoms with Crippen LogP contribution in [-0.2, 0) is 0 Å². The van der Waals surface area contributed by atoms with Crippen molar-refractivity contribution in [2.75, 3.05) is 0 Å². The van der Waals surface area contributed by atoms with Crippen LogP contribution in [0.1, 0.15) is 11.1 Å². The van der Waals surface area contributed by atoms with Crippen LogP contribution in [-0.4, -0.2) is 4.57 Å². The molecule has 0 bridgehead atoms. The third-order valence-electron chi connectivity index (χ3n) is 2.44. The minimum atomic E-state index is -0.0215. The largest absolute Gasteiger partial charge is 0.284 e. The van der Waals surface area contributed by atoms with Crippen LogP contribution >= 0.6 is 0 Å². The molecule has 2 nitrogen and oxygen atoms in total.